The van der Waals surface area contributed by atoms with Gasteiger partial charge in [0.2, 0.25) is 0 Å². The summed E-state index contributed by atoms with van der Waals surface area (Å²) in [6, 6.07) is 1.45. The molecule has 15 heavy (non-hydrogen) atoms. The molecule has 0 bridgehead atoms. The maximum atomic E-state index is 6.01. The van der Waals surface area contributed by atoms with Crippen LogP contribution in [0.15, 0.2) is 0 Å². The summed E-state index contributed by atoms with van der Waals surface area (Å²) in [5.74, 6) is 0. The predicted octanol–water partition coefficient (Wildman–Crippen LogP) is 1.14. The Kier molecular flexibility index (Phi) is 5.03. The molecule has 0 aromatic heterocycles. The molecule has 90 valence electrons. The Bertz CT molecular complexity index is 182. The minimum absolute atomic E-state index is 0.266. The lowest BCUT2D eigenvalue weighted by Crippen LogP contribution is -2.51. The van der Waals surface area contributed by atoms with Gasteiger partial charge in [0.15, 0.2) is 0 Å². The van der Waals surface area contributed by atoms with Gasteiger partial charge in [0, 0.05) is 31.2 Å². The highest BCUT2D eigenvalue weighted by molar-refractivity contribution is 4.84. The number of rotatable bonds is 3. The first-order chi connectivity index (χ1) is 7.06. The highest BCUT2D eigenvalue weighted by Crippen LogP contribution is 2.16. The molecular formula is C12H27N3. The van der Waals surface area contributed by atoms with Gasteiger partial charge in [0.05, 0.1) is 0 Å². The SMILES string of the molecule is CCC1CN(C)CCCN1C(C)C(C)N. The van der Waals surface area contributed by atoms with Crippen molar-refractivity contribution in [2.75, 3.05) is 26.7 Å². The average molecular weight is 213 g/mol. The molecule has 0 aromatic rings. The van der Waals surface area contributed by atoms with Crippen molar-refractivity contribution in [2.45, 2.75) is 51.7 Å². The van der Waals surface area contributed by atoms with Gasteiger partial charge in [-0.2, -0.15) is 0 Å². The molecule has 0 aliphatic carbocycles. The summed E-state index contributed by atoms with van der Waals surface area (Å²) in [4.78, 5) is 5.05. The number of nitrogens with two attached hydrogens (primary N) is 1. The molecule has 3 atom stereocenters. The van der Waals surface area contributed by atoms with Crippen LogP contribution in [-0.2, 0) is 0 Å². The second-order valence-electron chi connectivity index (χ2n) is 5.02. The van der Waals surface area contributed by atoms with E-state index in [1.54, 1.807) is 0 Å². The van der Waals surface area contributed by atoms with Gasteiger partial charge in [0.25, 0.3) is 0 Å². The normalized spacial score (nSPS) is 29.8. The van der Waals surface area contributed by atoms with Gasteiger partial charge in [-0.05, 0) is 40.3 Å². The Morgan fingerprint density at radius 1 is 1.33 bits per heavy atom. The number of likely N-dealkylation sites (N-methyl/N-ethyl adjacent to an activating group) is 1. The third-order valence-corrected chi connectivity index (χ3v) is 3.70. The molecule has 0 aromatic carbocycles. The van der Waals surface area contributed by atoms with Crippen molar-refractivity contribution in [3.05, 3.63) is 0 Å². The summed E-state index contributed by atoms with van der Waals surface area (Å²) in [6.45, 7) is 10.3. The molecule has 2 N–H and O–H groups in total. The maximum absolute atomic E-state index is 6.01. The van der Waals surface area contributed by atoms with Crippen LogP contribution in [0.3, 0.4) is 0 Å². The standard InChI is InChI=1S/C12H27N3/c1-5-12-9-14(4)7-6-8-15(12)11(3)10(2)13/h10-12H,5-9,13H2,1-4H3. The summed E-state index contributed by atoms with van der Waals surface area (Å²) in [5, 5.41) is 0. The van der Waals surface area contributed by atoms with Crippen molar-refractivity contribution >= 4 is 0 Å². The Morgan fingerprint density at radius 2 is 2.00 bits per heavy atom. The van der Waals surface area contributed by atoms with Gasteiger partial charge in [-0.3, -0.25) is 4.90 Å². The predicted molar refractivity (Wildman–Crippen MR) is 66.0 cm³/mol. The van der Waals surface area contributed by atoms with Gasteiger partial charge in [-0.1, -0.05) is 6.92 Å². The molecule has 1 rings (SSSR count). The first-order valence-electron chi connectivity index (χ1n) is 6.26. The van der Waals surface area contributed by atoms with Crippen molar-refractivity contribution in [1.29, 1.82) is 0 Å². The van der Waals surface area contributed by atoms with Crippen LogP contribution >= 0.6 is 0 Å². The smallest absolute Gasteiger partial charge is 0.0223 e. The molecule has 0 radical (unpaired) electrons. The Morgan fingerprint density at radius 3 is 2.53 bits per heavy atom. The lowest BCUT2D eigenvalue weighted by Gasteiger charge is -2.37. The van der Waals surface area contributed by atoms with Crippen LogP contribution in [0.4, 0.5) is 0 Å². The van der Waals surface area contributed by atoms with Gasteiger partial charge in [-0.15, -0.1) is 0 Å². The molecule has 3 heteroatoms. The fourth-order valence-corrected chi connectivity index (χ4v) is 2.46. The van der Waals surface area contributed by atoms with E-state index in [1.165, 1.54) is 32.5 Å². The van der Waals surface area contributed by atoms with Gasteiger partial charge < -0.3 is 10.6 Å². The lowest BCUT2D eigenvalue weighted by atomic mass is 10.1. The van der Waals surface area contributed by atoms with Crippen LogP contribution in [-0.4, -0.2) is 54.6 Å². The zero-order chi connectivity index (χ0) is 11.4. The van der Waals surface area contributed by atoms with Crippen LogP contribution < -0.4 is 5.73 Å². The molecule has 3 unspecified atom stereocenters. The molecule has 1 aliphatic heterocycles. The summed E-state index contributed by atoms with van der Waals surface area (Å²) in [7, 11) is 2.22. The third-order valence-electron chi connectivity index (χ3n) is 3.70. The molecule has 1 saturated heterocycles. The zero-order valence-corrected chi connectivity index (χ0v) is 10.7. The second-order valence-corrected chi connectivity index (χ2v) is 5.02. The molecule has 0 saturated carbocycles. The topological polar surface area (TPSA) is 32.5 Å². The lowest BCUT2D eigenvalue weighted by molar-refractivity contribution is 0.124. The minimum atomic E-state index is 0.266. The monoisotopic (exact) mass is 213 g/mol. The maximum Gasteiger partial charge on any atom is 0.0223 e. The van der Waals surface area contributed by atoms with E-state index < -0.39 is 0 Å². The Hall–Kier alpha value is -0.120. The van der Waals surface area contributed by atoms with E-state index >= 15 is 0 Å². The van der Waals surface area contributed by atoms with Crippen LogP contribution in [0.5, 0.6) is 0 Å². The largest absolute Gasteiger partial charge is 0.327 e. The van der Waals surface area contributed by atoms with E-state index in [1.807, 2.05) is 0 Å². The molecule has 1 fully saturated rings. The van der Waals surface area contributed by atoms with Crippen molar-refractivity contribution in [2.24, 2.45) is 5.73 Å². The fourth-order valence-electron chi connectivity index (χ4n) is 2.46. The van der Waals surface area contributed by atoms with Crippen molar-refractivity contribution in [3.63, 3.8) is 0 Å². The quantitative estimate of drug-likeness (QED) is 0.763. The number of hydrogen-bond acceptors (Lipinski definition) is 3. The van der Waals surface area contributed by atoms with Crippen molar-refractivity contribution < 1.29 is 0 Å². The molecule has 0 spiro atoms. The molecule has 1 heterocycles. The number of nitrogens with zero attached hydrogens (tertiary/aromatic N) is 2. The zero-order valence-electron chi connectivity index (χ0n) is 10.7. The summed E-state index contributed by atoms with van der Waals surface area (Å²) in [6.07, 6.45) is 2.49. The third kappa shape index (κ3) is 3.44. The van der Waals surface area contributed by atoms with Gasteiger partial charge in [-0.25, -0.2) is 0 Å². The van der Waals surface area contributed by atoms with E-state index in [9.17, 15) is 0 Å². The summed E-state index contributed by atoms with van der Waals surface area (Å²) < 4.78 is 0. The van der Waals surface area contributed by atoms with E-state index in [2.05, 4.69) is 37.6 Å². The summed E-state index contributed by atoms with van der Waals surface area (Å²) >= 11 is 0. The number of hydrogen-bond donors (Lipinski definition) is 1. The van der Waals surface area contributed by atoms with E-state index in [0.29, 0.717) is 12.1 Å². The molecule has 0 amide bonds. The van der Waals surface area contributed by atoms with Crippen LogP contribution in [0.2, 0.25) is 0 Å². The Balaban J connectivity index is 2.66. The van der Waals surface area contributed by atoms with Crippen molar-refractivity contribution in [1.82, 2.24) is 9.80 Å². The summed E-state index contributed by atoms with van der Waals surface area (Å²) in [5.41, 5.74) is 6.01. The second kappa shape index (κ2) is 5.83. The first-order valence-corrected chi connectivity index (χ1v) is 6.26. The highest BCUT2D eigenvalue weighted by Gasteiger charge is 2.27. The highest BCUT2D eigenvalue weighted by atomic mass is 15.3. The van der Waals surface area contributed by atoms with E-state index in [4.69, 9.17) is 5.73 Å². The van der Waals surface area contributed by atoms with Gasteiger partial charge in [0.1, 0.15) is 0 Å². The van der Waals surface area contributed by atoms with Crippen LogP contribution in [0.1, 0.15) is 33.6 Å². The van der Waals surface area contributed by atoms with Crippen LogP contribution in [0, 0.1) is 0 Å². The fraction of sp³-hybridized carbons (Fsp3) is 1.00. The first kappa shape index (κ1) is 12.9. The average Bonchev–Trinajstić information content (AvgIpc) is 2.38. The van der Waals surface area contributed by atoms with E-state index in [0.717, 1.165) is 0 Å². The molecular weight excluding hydrogens is 186 g/mol. The van der Waals surface area contributed by atoms with Crippen LogP contribution in [0.25, 0.3) is 0 Å². The molecule has 3 nitrogen and oxygen atoms in total. The Labute approximate surface area is 94.6 Å². The minimum Gasteiger partial charge on any atom is -0.327 e. The van der Waals surface area contributed by atoms with Crippen molar-refractivity contribution in [3.8, 4) is 0 Å². The molecule has 1 aliphatic rings. The van der Waals surface area contributed by atoms with Gasteiger partial charge >= 0.3 is 0 Å². The van der Waals surface area contributed by atoms with E-state index in [-0.39, 0.29) is 6.04 Å².